The van der Waals surface area contributed by atoms with Crippen molar-refractivity contribution in [2.45, 2.75) is 31.7 Å². The standard InChI is InChI=1S/C29H30N2O2/c1-3-17-33-27-16-11-20(18-28(27)32-2)19-30-22-14-12-21(13-15-22)29-25-9-6-8-23(25)24-7-4-5-10-26(24)31-29/h4-8,10-16,18-19,23,25,29,31H,3,9,17H2,1-2H3/t23-,25-,29+/m1/s1. The number of hydrogen-bond acceptors (Lipinski definition) is 4. The van der Waals surface area contributed by atoms with E-state index >= 15 is 0 Å². The van der Waals surface area contributed by atoms with Crippen molar-refractivity contribution in [1.29, 1.82) is 0 Å². The van der Waals surface area contributed by atoms with E-state index in [1.807, 2.05) is 24.4 Å². The first-order chi connectivity index (χ1) is 16.3. The van der Waals surface area contributed by atoms with Crippen molar-refractivity contribution >= 4 is 17.6 Å². The van der Waals surface area contributed by atoms with Gasteiger partial charge >= 0.3 is 0 Å². The highest BCUT2D eigenvalue weighted by molar-refractivity contribution is 5.83. The van der Waals surface area contributed by atoms with Gasteiger partial charge in [-0.3, -0.25) is 4.99 Å². The summed E-state index contributed by atoms with van der Waals surface area (Å²) in [7, 11) is 1.66. The molecule has 1 heterocycles. The third kappa shape index (κ3) is 4.38. The van der Waals surface area contributed by atoms with E-state index < -0.39 is 0 Å². The number of aliphatic imine (C=N–C) groups is 1. The molecule has 33 heavy (non-hydrogen) atoms. The van der Waals surface area contributed by atoms with E-state index in [4.69, 9.17) is 9.47 Å². The highest BCUT2D eigenvalue weighted by Crippen LogP contribution is 2.49. The second-order valence-electron chi connectivity index (χ2n) is 8.67. The largest absolute Gasteiger partial charge is 0.493 e. The Hall–Kier alpha value is -3.53. The quantitative estimate of drug-likeness (QED) is 0.317. The van der Waals surface area contributed by atoms with Gasteiger partial charge in [-0.15, -0.1) is 0 Å². The van der Waals surface area contributed by atoms with Gasteiger partial charge in [0.25, 0.3) is 0 Å². The zero-order valence-electron chi connectivity index (χ0n) is 19.2. The molecule has 3 aromatic rings. The minimum Gasteiger partial charge on any atom is -0.493 e. The molecule has 4 nitrogen and oxygen atoms in total. The number of fused-ring (bicyclic) bond motifs is 3. The molecule has 0 saturated carbocycles. The minimum absolute atomic E-state index is 0.304. The molecule has 0 saturated heterocycles. The Labute approximate surface area is 196 Å². The Bertz CT molecular complexity index is 1170. The fourth-order valence-electron chi connectivity index (χ4n) is 4.89. The summed E-state index contributed by atoms with van der Waals surface area (Å²) in [5, 5.41) is 3.79. The maximum absolute atomic E-state index is 5.74. The molecule has 0 amide bonds. The summed E-state index contributed by atoms with van der Waals surface area (Å²) in [4.78, 5) is 4.68. The second-order valence-corrected chi connectivity index (χ2v) is 8.67. The predicted octanol–water partition coefficient (Wildman–Crippen LogP) is 7.06. The number of hydrogen-bond donors (Lipinski definition) is 1. The molecule has 0 radical (unpaired) electrons. The molecule has 1 aliphatic heterocycles. The smallest absolute Gasteiger partial charge is 0.161 e. The number of allylic oxidation sites excluding steroid dienone is 2. The molecule has 2 aliphatic rings. The molecule has 4 heteroatoms. The number of rotatable bonds is 7. The lowest BCUT2D eigenvalue weighted by Gasteiger charge is -2.37. The van der Waals surface area contributed by atoms with Crippen LogP contribution in [0.1, 0.15) is 48.4 Å². The van der Waals surface area contributed by atoms with Crippen LogP contribution in [0, 0.1) is 5.92 Å². The lowest BCUT2D eigenvalue weighted by Crippen LogP contribution is -2.28. The van der Waals surface area contributed by atoms with Crippen LogP contribution in [0.2, 0.25) is 0 Å². The molecule has 1 N–H and O–H groups in total. The summed E-state index contributed by atoms with van der Waals surface area (Å²) in [6.45, 7) is 2.76. The Morgan fingerprint density at radius 3 is 2.70 bits per heavy atom. The Morgan fingerprint density at radius 2 is 1.88 bits per heavy atom. The summed E-state index contributed by atoms with van der Waals surface area (Å²) in [5.74, 6) is 2.54. The van der Waals surface area contributed by atoms with Crippen LogP contribution in [-0.2, 0) is 0 Å². The van der Waals surface area contributed by atoms with Crippen molar-refractivity contribution in [3.05, 3.63) is 95.6 Å². The summed E-state index contributed by atoms with van der Waals surface area (Å²) in [5.41, 5.74) is 5.88. The molecule has 0 spiro atoms. The van der Waals surface area contributed by atoms with Gasteiger partial charge in [-0.25, -0.2) is 0 Å². The van der Waals surface area contributed by atoms with Crippen LogP contribution in [0.25, 0.3) is 0 Å². The maximum Gasteiger partial charge on any atom is 0.161 e. The third-order valence-corrected chi connectivity index (χ3v) is 6.54. The number of benzene rings is 3. The third-order valence-electron chi connectivity index (χ3n) is 6.54. The van der Waals surface area contributed by atoms with Gasteiger partial charge in [0.05, 0.1) is 25.4 Å². The van der Waals surface area contributed by atoms with Gasteiger partial charge in [0.2, 0.25) is 0 Å². The first-order valence-electron chi connectivity index (χ1n) is 11.7. The van der Waals surface area contributed by atoms with E-state index in [2.05, 4.69) is 77.9 Å². The van der Waals surface area contributed by atoms with Crippen molar-refractivity contribution in [2.24, 2.45) is 10.9 Å². The zero-order chi connectivity index (χ0) is 22.6. The van der Waals surface area contributed by atoms with Crippen molar-refractivity contribution in [3.63, 3.8) is 0 Å². The van der Waals surface area contributed by atoms with Gasteiger partial charge in [-0.05, 0) is 71.8 Å². The van der Waals surface area contributed by atoms with Crippen molar-refractivity contribution in [3.8, 4) is 11.5 Å². The van der Waals surface area contributed by atoms with Crippen molar-refractivity contribution in [2.75, 3.05) is 19.0 Å². The molecule has 168 valence electrons. The van der Waals surface area contributed by atoms with E-state index in [0.29, 0.717) is 24.5 Å². The molecular formula is C29H30N2O2. The SMILES string of the molecule is CCCOc1ccc(C=Nc2ccc([C@@H]3Nc4ccccc4[C@H]4C=CC[C@H]43)cc2)cc1OC. The summed E-state index contributed by atoms with van der Waals surface area (Å²) in [6.07, 6.45) is 8.65. The van der Waals surface area contributed by atoms with Crippen LogP contribution in [0.4, 0.5) is 11.4 Å². The number of nitrogens with one attached hydrogen (secondary N) is 1. The fourth-order valence-corrected chi connectivity index (χ4v) is 4.89. The lowest BCUT2D eigenvalue weighted by atomic mass is 9.77. The van der Waals surface area contributed by atoms with Crippen LogP contribution < -0.4 is 14.8 Å². The molecule has 3 atom stereocenters. The van der Waals surface area contributed by atoms with E-state index in [0.717, 1.165) is 35.6 Å². The fraction of sp³-hybridized carbons (Fsp3) is 0.276. The van der Waals surface area contributed by atoms with Gasteiger partial charge < -0.3 is 14.8 Å². The predicted molar refractivity (Wildman–Crippen MR) is 135 cm³/mol. The first kappa shape index (κ1) is 21.3. The van der Waals surface area contributed by atoms with Gasteiger partial charge in [-0.2, -0.15) is 0 Å². The van der Waals surface area contributed by atoms with E-state index in [1.54, 1.807) is 7.11 Å². The van der Waals surface area contributed by atoms with Crippen LogP contribution in [0.15, 0.2) is 83.9 Å². The van der Waals surface area contributed by atoms with Crippen LogP contribution in [-0.4, -0.2) is 19.9 Å². The zero-order valence-corrected chi connectivity index (χ0v) is 19.2. The molecular weight excluding hydrogens is 408 g/mol. The summed E-state index contributed by atoms with van der Waals surface area (Å²) < 4.78 is 11.2. The van der Waals surface area contributed by atoms with Gasteiger partial charge in [0.15, 0.2) is 11.5 Å². The van der Waals surface area contributed by atoms with E-state index in [-0.39, 0.29) is 0 Å². The second kappa shape index (κ2) is 9.53. The molecule has 1 aliphatic carbocycles. The van der Waals surface area contributed by atoms with Crippen LogP contribution >= 0.6 is 0 Å². The number of methoxy groups -OCH3 is 1. The molecule has 3 aromatic carbocycles. The van der Waals surface area contributed by atoms with Gasteiger partial charge in [-0.1, -0.05) is 49.4 Å². The monoisotopic (exact) mass is 438 g/mol. The Balaban J connectivity index is 1.32. The average Bonchev–Trinajstić information content (AvgIpc) is 3.37. The number of anilines is 1. The molecule has 5 rings (SSSR count). The summed E-state index contributed by atoms with van der Waals surface area (Å²) in [6, 6.07) is 23.5. The van der Waals surface area contributed by atoms with Gasteiger partial charge in [0.1, 0.15) is 0 Å². The Kier molecular flexibility index (Phi) is 6.16. The number of para-hydroxylation sites is 1. The van der Waals surface area contributed by atoms with E-state index in [9.17, 15) is 0 Å². The normalized spacial score (nSPS) is 20.8. The molecule has 0 fully saturated rings. The molecule has 0 unspecified atom stereocenters. The average molecular weight is 439 g/mol. The van der Waals surface area contributed by atoms with Crippen molar-refractivity contribution < 1.29 is 9.47 Å². The van der Waals surface area contributed by atoms with Crippen molar-refractivity contribution in [1.82, 2.24) is 0 Å². The molecule has 0 aromatic heterocycles. The Morgan fingerprint density at radius 1 is 1.03 bits per heavy atom. The number of nitrogens with zero attached hydrogens (tertiary/aromatic N) is 1. The van der Waals surface area contributed by atoms with Crippen LogP contribution in [0.3, 0.4) is 0 Å². The highest BCUT2D eigenvalue weighted by atomic mass is 16.5. The highest BCUT2D eigenvalue weighted by Gasteiger charge is 2.37. The number of ether oxygens (including phenoxy) is 2. The molecule has 0 bridgehead atoms. The topological polar surface area (TPSA) is 42.8 Å². The van der Waals surface area contributed by atoms with Crippen LogP contribution in [0.5, 0.6) is 11.5 Å². The summed E-state index contributed by atoms with van der Waals surface area (Å²) >= 11 is 0. The maximum atomic E-state index is 5.74. The first-order valence-corrected chi connectivity index (χ1v) is 11.7. The van der Waals surface area contributed by atoms with Gasteiger partial charge in [0, 0.05) is 17.8 Å². The minimum atomic E-state index is 0.304. The lowest BCUT2D eigenvalue weighted by molar-refractivity contribution is 0.294. The van der Waals surface area contributed by atoms with E-state index in [1.165, 1.54) is 16.8 Å².